The predicted molar refractivity (Wildman–Crippen MR) is 71.5 cm³/mol. The van der Waals surface area contributed by atoms with Gasteiger partial charge in [-0.1, -0.05) is 6.07 Å². The minimum absolute atomic E-state index is 0.232. The van der Waals surface area contributed by atoms with Gasteiger partial charge in [0.05, 0.1) is 13.4 Å². The van der Waals surface area contributed by atoms with Crippen molar-refractivity contribution in [2.24, 2.45) is 0 Å². The second-order valence-electron chi connectivity index (χ2n) is 4.50. The zero-order chi connectivity index (χ0) is 13.7. The van der Waals surface area contributed by atoms with Gasteiger partial charge in [0.2, 0.25) is 0 Å². The maximum absolute atomic E-state index is 13.7. The first-order valence-electron chi connectivity index (χ1n) is 6.20. The first-order valence-corrected chi connectivity index (χ1v) is 6.20. The third-order valence-electron chi connectivity index (χ3n) is 2.95. The van der Waals surface area contributed by atoms with Crippen molar-refractivity contribution >= 4 is 0 Å². The molecule has 1 N–H and O–H groups in total. The van der Waals surface area contributed by atoms with Crippen molar-refractivity contribution in [3.05, 3.63) is 48.3 Å². The van der Waals surface area contributed by atoms with Crippen LogP contribution in [-0.2, 0) is 13.1 Å². The Morgan fingerprint density at radius 1 is 1.47 bits per heavy atom. The molecule has 0 aliphatic rings. The number of aromatic nitrogens is 2. The van der Waals surface area contributed by atoms with Crippen LogP contribution in [0.4, 0.5) is 4.39 Å². The maximum atomic E-state index is 13.7. The van der Waals surface area contributed by atoms with Gasteiger partial charge < -0.3 is 14.6 Å². The molecule has 0 saturated carbocycles. The van der Waals surface area contributed by atoms with Crippen LogP contribution >= 0.6 is 0 Å². The van der Waals surface area contributed by atoms with Gasteiger partial charge in [0, 0.05) is 43.2 Å². The second-order valence-corrected chi connectivity index (χ2v) is 4.50. The van der Waals surface area contributed by atoms with Gasteiger partial charge in [-0.25, -0.2) is 9.37 Å². The second kappa shape index (κ2) is 6.33. The van der Waals surface area contributed by atoms with Crippen molar-refractivity contribution in [2.45, 2.75) is 26.1 Å². The number of methoxy groups -OCH3 is 1. The SMILES string of the molecule is COc1ccc(CNC(C)Cn2ccnc2)c(F)c1. The van der Waals surface area contributed by atoms with Crippen molar-refractivity contribution in [1.82, 2.24) is 14.9 Å². The molecule has 0 aliphatic heterocycles. The van der Waals surface area contributed by atoms with Crippen molar-refractivity contribution in [3.63, 3.8) is 0 Å². The first kappa shape index (κ1) is 13.5. The average Bonchev–Trinajstić information content (AvgIpc) is 2.90. The van der Waals surface area contributed by atoms with Crippen LogP contribution in [0.1, 0.15) is 12.5 Å². The normalized spacial score (nSPS) is 12.4. The summed E-state index contributed by atoms with van der Waals surface area (Å²) in [5.41, 5.74) is 0.637. The Morgan fingerprint density at radius 3 is 2.95 bits per heavy atom. The lowest BCUT2D eigenvalue weighted by atomic mass is 10.2. The topological polar surface area (TPSA) is 39.1 Å². The van der Waals surface area contributed by atoms with Gasteiger partial charge in [-0.05, 0) is 13.0 Å². The van der Waals surface area contributed by atoms with Crippen molar-refractivity contribution in [2.75, 3.05) is 7.11 Å². The first-order chi connectivity index (χ1) is 9.19. The van der Waals surface area contributed by atoms with E-state index in [0.717, 1.165) is 6.54 Å². The molecule has 1 unspecified atom stereocenters. The van der Waals surface area contributed by atoms with Crippen LogP contribution in [0.2, 0.25) is 0 Å². The van der Waals surface area contributed by atoms with E-state index in [1.165, 1.54) is 13.2 Å². The Morgan fingerprint density at radius 2 is 2.32 bits per heavy atom. The molecular formula is C14H18FN3O. The van der Waals surface area contributed by atoms with Gasteiger partial charge >= 0.3 is 0 Å². The van der Waals surface area contributed by atoms with Gasteiger partial charge in [-0.2, -0.15) is 0 Å². The molecule has 2 aromatic rings. The van der Waals surface area contributed by atoms with Crippen LogP contribution < -0.4 is 10.1 Å². The number of nitrogens with one attached hydrogen (secondary N) is 1. The van der Waals surface area contributed by atoms with E-state index in [1.807, 2.05) is 10.8 Å². The standard InChI is InChI=1S/C14H18FN3O/c1-11(9-18-6-5-16-10-18)17-8-12-3-4-13(19-2)7-14(12)15/h3-7,10-11,17H,8-9H2,1-2H3. The molecule has 1 heterocycles. The quantitative estimate of drug-likeness (QED) is 0.868. The Labute approximate surface area is 112 Å². The molecule has 5 heteroatoms. The number of hydrogen-bond acceptors (Lipinski definition) is 3. The highest BCUT2D eigenvalue weighted by Gasteiger charge is 2.06. The lowest BCUT2D eigenvalue weighted by Gasteiger charge is -2.15. The maximum Gasteiger partial charge on any atom is 0.131 e. The van der Waals surface area contributed by atoms with E-state index < -0.39 is 0 Å². The summed E-state index contributed by atoms with van der Waals surface area (Å²) in [6.45, 7) is 3.35. The molecule has 2 rings (SSSR count). The van der Waals surface area contributed by atoms with E-state index in [0.29, 0.717) is 17.9 Å². The summed E-state index contributed by atoms with van der Waals surface area (Å²) in [6, 6.07) is 5.14. The van der Waals surface area contributed by atoms with Gasteiger partial charge in [-0.3, -0.25) is 0 Å². The fraction of sp³-hybridized carbons (Fsp3) is 0.357. The Kier molecular flexibility index (Phi) is 4.52. The molecule has 1 aromatic heterocycles. The molecule has 0 bridgehead atoms. The van der Waals surface area contributed by atoms with E-state index in [-0.39, 0.29) is 11.9 Å². The van der Waals surface area contributed by atoms with Gasteiger partial charge in [0.25, 0.3) is 0 Å². The van der Waals surface area contributed by atoms with Gasteiger partial charge in [-0.15, -0.1) is 0 Å². The summed E-state index contributed by atoms with van der Waals surface area (Å²) in [5, 5.41) is 3.29. The van der Waals surface area contributed by atoms with Gasteiger partial charge in [0.15, 0.2) is 0 Å². The van der Waals surface area contributed by atoms with Crippen LogP contribution in [-0.4, -0.2) is 22.7 Å². The lowest BCUT2D eigenvalue weighted by Crippen LogP contribution is -2.29. The van der Waals surface area contributed by atoms with E-state index in [9.17, 15) is 4.39 Å². The summed E-state index contributed by atoms with van der Waals surface area (Å²) < 4.78 is 20.7. The summed E-state index contributed by atoms with van der Waals surface area (Å²) >= 11 is 0. The fourth-order valence-electron chi connectivity index (χ4n) is 1.86. The third-order valence-corrected chi connectivity index (χ3v) is 2.95. The highest BCUT2D eigenvalue weighted by Crippen LogP contribution is 2.16. The van der Waals surface area contributed by atoms with Crippen molar-refractivity contribution in [1.29, 1.82) is 0 Å². The number of hydrogen-bond donors (Lipinski definition) is 1. The zero-order valence-corrected chi connectivity index (χ0v) is 11.1. The Bertz CT molecular complexity index is 513. The molecule has 1 aromatic carbocycles. The Hall–Kier alpha value is -1.88. The molecule has 0 saturated heterocycles. The number of imidazole rings is 1. The van der Waals surface area contributed by atoms with Crippen LogP contribution in [0.3, 0.4) is 0 Å². The van der Waals surface area contributed by atoms with E-state index in [1.54, 1.807) is 24.7 Å². The van der Waals surface area contributed by atoms with Crippen LogP contribution in [0.25, 0.3) is 0 Å². The highest BCUT2D eigenvalue weighted by atomic mass is 19.1. The zero-order valence-electron chi connectivity index (χ0n) is 11.1. The average molecular weight is 263 g/mol. The number of ether oxygens (including phenoxy) is 1. The van der Waals surface area contributed by atoms with Crippen molar-refractivity contribution in [3.8, 4) is 5.75 Å². The van der Waals surface area contributed by atoms with E-state index in [4.69, 9.17) is 4.74 Å². The molecular weight excluding hydrogens is 245 g/mol. The summed E-state index contributed by atoms with van der Waals surface area (Å²) in [4.78, 5) is 3.99. The van der Waals surface area contributed by atoms with Crippen molar-refractivity contribution < 1.29 is 9.13 Å². The molecule has 1 atom stereocenters. The summed E-state index contributed by atoms with van der Waals surface area (Å²) in [6.07, 6.45) is 5.42. The van der Waals surface area contributed by atoms with E-state index in [2.05, 4.69) is 17.2 Å². The number of halogens is 1. The molecule has 0 amide bonds. The van der Waals surface area contributed by atoms with Gasteiger partial charge in [0.1, 0.15) is 11.6 Å². The molecule has 0 spiro atoms. The van der Waals surface area contributed by atoms with E-state index >= 15 is 0 Å². The molecule has 0 aliphatic carbocycles. The molecule has 0 fully saturated rings. The molecule has 4 nitrogen and oxygen atoms in total. The highest BCUT2D eigenvalue weighted by molar-refractivity contribution is 5.28. The largest absolute Gasteiger partial charge is 0.497 e. The molecule has 19 heavy (non-hydrogen) atoms. The number of nitrogens with zero attached hydrogens (tertiary/aromatic N) is 2. The Balaban J connectivity index is 1.88. The summed E-state index contributed by atoms with van der Waals surface area (Å²) in [7, 11) is 1.53. The fourth-order valence-corrected chi connectivity index (χ4v) is 1.86. The predicted octanol–water partition coefficient (Wildman–Crippen LogP) is 2.21. The number of rotatable bonds is 6. The number of benzene rings is 1. The molecule has 0 radical (unpaired) electrons. The minimum Gasteiger partial charge on any atom is -0.497 e. The summed E-state index contributed by atoms with van der Waals surface area (Å²) in [5.74, 6) is 0.286. The lowest BCUT2D eigenvalue weighted by molar-refractivity contribution is 0.409. The minimum atomic E-state index is -0.248. The molecule has 102 valence electrons. The van der Waals surface area contributed by atoms with Crippen LogP contribution in [0, 0.1) is 5.82 Å². The third kappa shape index (κ3) is 3.79. The van der Waals surface area contributed by atoms with Crippen LogP contribution in [0.5, 0.6) is 5.75 Å². The van der Waals surface area contributed by atoms with Crippen LogP contribution in [0.15, 0.2) is 36.9 Å². The monoisotopic (exact) mass is 263 g/mol. The smallest absolute Gasteiger partial charge is 0.131 e.